The lowest BCUT2D eigenvalue weighted by atomic mass is 9.81. The highest BCUT2D eigenvalue weighted by Crippen LogP contribution is 2.30. The third kappa shape index (κ3) is 2.26. The van der Waals surface area contributed by atoms with Crippen LogP contribution in [0.1, 0.15) is 25.8 Å². The van der Waals surface area contributed by atoms with E-state index < -0.39 is 11.4 Å². The topological polar surface area (TPSA) is 66.0 Å². The molecular weight excluding hydrogens is 240 g/mol. The van der Waals surface area contributed by atoms with Crippen molar-refractivity contribution in [2.45, 2.75) is 25.7 Å². The van der Waals surface area contributed by atoms with Crippen molar-refractivity contribution in [2.75, 3.05) is 0 Å². The fourth-order valence-electron chi connectivity index (χ4n) is 1.88. The number of aromatic nitrogens is 2. The molecule has 2 aromatic rings. The smallest absolute Gasteiger partial charge is 0.304 e. The molecule has 5 heteroatoms. The van der Waals surface area contributed by atoms with Gasteiger partial charge in [-0.1, -0.05) is 31.5 Å². The van der Waals surface area contributed by atoms with Gasteiger partial charge in [-0.3, -0.25) is 9.89 Å². The van der Waals surface area contributed by atoms with E-state index in [9.17, 15) is 4.79 Å². The van der Waals surface area contributed by atoms with Crippen molar-refractivity contribution in [3.05, 3.63) is 28.9 Å². The summed E-state index contributed by atoms with van der Waals surface area (Å²) < 4.78 is 0. The number of hydrogen-bond acceptors (Lipinski definition) is 2. The number of carboxylic acids is 1. The molecule has 0 aliphatic carbocycles. The summed E-state index contributed by atoms with van der Waals surface area (Å²) in [7, 11) is 0. The van der Waals surface area contributed by atoms with E-state index in [1.54, 1.807) is 0 Å². The van der Waals surface area contributed by atoms with Crippen molar-refractivity contribution in [3.63, 3.8) is 0 Å². The number of fused-ring (bicyclic) bond motifs is 1. The summed E-state index contributed by atoms with van der Waals surface area (Å²) in [5.41, 5.74) is 1.27. The quantitative estimate of drug-likeness (QED) is 0.883. The van der Waals surface area contributed by atoms with Crippen molar-refractivity contribution in [1.29, 1.82) is 0 Å². The molecule has 0 fully saturated rings. The van der Waals surface area contributed by atoms with Crippen LogP contribution in [0.3, 0.4) is 0 Å². The molecule has 0 aliphatic rings. The highest BCUT2D eigenvalue weighted by Gasteiger charge is 2.24. The molecule has 0 amide bonds. The van der Waals surface area contributed by atoms with Gasteiger partial charge in [0, 0.05) is 10.8 Å². The second kappa shape index (κ2) is 4.04. The Labute approximate surface area is 104 Å². The fraction of sp³-hybridized carbons (Fsp3) is 0.333. The first-order valence-corrected chi connectivity index (χ1v) is 5.64. The number of rotatable bonds is 3. The van der Waals surface area contributed by atoms with E-state index in [0.29, 0.717) is 5.15 Å². The molecule has 0 bridgehead atoms. The first-order valence-electron chi connectivity index (χ1n) is 5.26. The molecule has 1 aromatic heterocycles. The van der Waals surface area contributed by atoms with Gasteiger partial charge in [-0.05, 0) is 17.7 Å². The summed E-state index contributed by atoms with van der Waals surface area (Å²) in [6, 6.07) is 5.63. The van der Waals surface area contributed by atoms with E-state index in [0.717, 1.165) is 16.5 Å². The molecule has 2 rings (SSSR count). The Bertz CT molecular complexity index is 575. The molecule has 2 N–H and O–H groups in total. The number of carbonyl (C=O) groups is 1. The van der Waals surface area contributed by atoms with Crippen LogP contribution in [0.15, 0.2) is 18.2 Å². The zero-order valence-corrected chi connectivity index (χ0v) is 10.4. The van der Waals surface area contributed by atoms with Crippen LogP contribution in [0, 0.1) is 0 Å². The zero-order valence-electron chi connectivity index (χ0n) is 9.62. The Kier molecular flexibility index (Phi) is 2.83. The number of carboxylic acid groups (broad SMARTS) is 1. The second-order valence-electron chi connectivity index (χ2n) is 4.72. The van der Waals surface area contributed by atoms with E-state index in [4.69, 9.17) is 16.7 Å². The molecule has 0 saturated carbocycles. The van der Waals surface area contributed by atoms with Crippen LogP contribution in [-0.2, 0) is 10.2 Å². The number of nitrogens with zero attached hydrogens (tertiary/aromatic N) is 1. The highest BCUT2D eigenvalue weighted by atomic mass is 35.5. The first-order chi connectivity index (χ1) is 7.90. The van der Waals surface area contributed by atoms with Crippen LogP contribution in [0.25, 0.3) is 10.9 Å². The number of nitrogens with one attached hydrogen (secondary N) is 1. The summed E-state index contributed by atoms with van der Waals surface area (Å²) in [5, 5.41) is 17.0. The van der Waals surface area contributed by atoms with Crippen LogP contribution in [0.4, 0.5) is 0 Å². The van der Waals surface area contributed by atoms with E-state index in [1.165, 1.54) is 0 Å². The number of hydrogen-bond donors (Lipinski definition) is 2. The van der Waals surface area contributed by atoms with Gasteiger partial charge in [-0.25, -0.2) is 0 Å². The van der Waals surface area contributed by atoms with Crippen LogP contribution in [-0.4, -0.2) is 21.3 Å². The molecule has 0 atom stereocenters. The predicted molar refractivity (Wildman–Crippen MR) is 66.4 cm³/mol. The summed E-state index contributed by atoms with van der Waals surface area (Å²) in [6.07, 6.45) is 0.0800. The lowest BCUT2D eigenvalue weighted by Crippen LogP contribution is -2.21. The standard InChI is InChI=1S/C12H13ClN2O2/c1-12(2,6-10(16)17)7-3-4-8-9(5-7)14-15-11(8)13/h3-5H,6H2,1-2H3,(H,14,15)(H,16,17). The molecule has 0 spiro atoms. The zero-order chi connectivity index (χ0) is 12.6. The molecule has 90 valence electrons. The molecule has 0 unspecified atom stereocenters. The van der Waals surface area contributed by atoms with Crippen LogP contribution in [0.5, 0.6) is 0 Å². The molecule has 17 heavy (non-hydrogen) atoms. The second-order valence-corrected chi connectivity index (χ2v) is 5.10. The van der Waals surface area contributed by atoms with E-state index in [1.807, 2.05) is 32.0 Å². The highest BCUT2D eigenvalue weighted by molar-refractivity contribution is 6.34. The minimum Gasteiger partial charge on any atom is -0.481 e. The van der Waals surface area contributed by atoms with Crippen molar-refractivity contribution < 1.29 is 9.90 Å². The number of halogens is 1. The third-order valence-corrected chi connectivity index (χ3v) is 3.17. The van der Waals surface area contributed by atoms with Gasteiger partial charge in [-0.15, -0.1) is 0 Å². The largest absolute Gasteiger partial charge is 0.481 e. The monoisotopic (exact) mass is 252 g/mol. The van der Waals surface area contributed by atoms with Gasteiger partial charge < -0.3 is 5.11 Å². The van der Waals surface area contributed by atoms with Gasteiger partial charge in [0.15, 0.2) is 0 Å². The van der Waals surface area contributed by atoms with Crippen LogP contribution < -0.4 is 0 Å². The van der Waals surface area contributed by atoms with Crippen LogP contribution >= 0.6 is 11.6 Å². The molecule has 0 radical (unpaired) electrons. The van der Waals surface area contributed by atoms with Gasteiger partial charge in [0.1, 0.15) is 5.15 Å². The summed E-state index contributed by atoms with van der Waals surface area (Å²) in [5.74, 6) is -0.810. The normalized spacial score (nSPS) is 11.9. The van der Waals surface area contributed by atoms with E-state index in [-0.39, 0.29) is 6.42 Å². The molecule has 4 nitrogen and oxygen atoms in total. The van der Waals surface area contributed by atoms with Gasteiger partial charge in [0.2, 0.25) is 0 Å². The van der Waals surface area contributed by atoms with Crippen LogP contribution in [0.2, 0.25) is 5.15 Å². The number of benzene rings is 1. The van der Waals surface area contributed by atoms with Crippen molar-refractivity contribution in [3.8, 4) is 0 Å². The third-order valence-electron chi connectivity index (χ3n) is 2.88. The van der Waals surface area contributed by atoms with Crippen molar-refractivity contribution in [2.24, 2.45) is 0 Å². The van der Waals surface area contributed by atoms with Gasteiger partial charge in [0.25, 0.3) is 0 Å². The SMILES string of the molecule is CC(C)(CC(=O)O)c1ccc2c(Cl)[nH]nc2c1. The van der Waals surface area contributed by atoms with Gasteiger partial charge in [0.05, 0.1) is 11.9 Å². The number of aliphatic carboxylic acids is 1. The first kappa shape index (κ1) is 11.9. The molecule has 0 aliphatic heterocycles. The minimum absolute atomic E-state index is 0.0800. The summed E-state index contributed by atoms with van der Waals surface area (Å²) in [6.45, 7) is 3.80. The molecule has 1 heterocycles. The summed E-state index contributed by atoms with van der Waals surface area (Å²) in [4.78, 5) is 10.8. The Morgan fingerprint density at radius 2 is 2.24 bits per heavy atom. The Morgan fingerprint density at radius 3 is 2.88 bits per heavy atom. The molecule has 1 aromatic carbocycles. The Hall–Kier alpha value is -1.55. The maximum atomic E-state index is 10.8. The lowest BCUT2D eigenvalue weighted by Gasteiger charge is -2.22. The summed E-state index contributed by atoms with van der Waals surface area (Å²) >= 11 is 5.91. The van der Waals surface area contributed by atoms with Crippen molar-refractivity contribution >= 4 is 28.5 Å². The Balaban J connectivity index is 2.45. The van der Waals surface area contributed by atoms with Gasteiger partial charge >= 0.3 is 5.97 Å². The minimum atomic E-state index is -0.810. The lowest BCUT2D eigenvalue weighted by molar-refractivity contribution is -0.138. The number of aromatic amines is 1. The average Bonchev–Trinajstić information content (AvgIpc) is 2.58. The molecular formula is C12H13ClN2O2. The van der Waals surface area contributed by atoms with E-state index >= 15 is 0 Å². The predicted octanol–water partition coefficient (Wildman–Crippen LogP) is 2.97. The Morgan fingerprint density at radius 1 is 1.53 bits per heavy atom. The van der Waals surface area contributed by atoms with Crippen molar-refractivity contribution in [1.82, 2.24) is 10.2 Å². The number of H-pyrrole nitrogens is 1. The van der Waals surface area contributed by atoms with E-state index in [2.05, 4.69) is 10.2 Å². The van der Waals surface area contributed by atoms with Gasteiger partial charge in [-0.2, -0.15) is 5.10 Å². The molecule has 0 saturated heterocycles. The average molecular weight is 253 g/mol. The maximum absolute atomic E-state index is 10.8. The maximum Gasteiger partial charge on any atom is 0.304 e. The fourth-order valence-corrected chi connectivity index (χ4v) is 2.08.